The van der Waals surface area contributed by atoms with E-state index in [0.717, 1.165) is 29.2 Å². The highest BCUT2D eigenvalue weighted by molar-refractivity contribution is 8.00. The second-order valence-electron chi connectivity index (χ2n) is 9.15. The van der Waals surface area contributed by atoms with Gasteiger partial charge < -0.3 is 9.88 Å². The number of hydrogen-bond acceptors (Lipinski definition) is 5. The number of carbonyl (C=O) groups excluding carboxylic acids is 1. The van der Waals surface area contributed by atoms with Gasteiger partial charge in [0, 0.05) is 23.4 Å². The van der Waals surface area contributed by atoms with Crippen molar-refractivity contribution >= 4 is 29.0 Å². The van der Waals surface area contributed by atoms with E-state index in [-0.39, 0.29) is 17.2 Å². The molecular formula is C22H30N4OS2. The standard InChI is InChI=1S/C22H30N4OS2/c1-13(19-11-15-5-6-16(19)10-15)23-21(27)14(2)29-22-25-24-20(26(22)17-7-8-17)12-18-4-3-9-28-18/h3-4,9,13-17,19H,5-8,10-12H2,1-2H3,(H,23,27). The van der Waals surface area contributed by atoms with Crippen molar-refractivity contribution in [2.75, 3.05) is 0 Å². The van der Waals surface area contributed by atoms with Crippen LogP contribution in [0.2, 0.25) is 0 Å². The molecule has 0 radical (unpaired) electrons. The van der Waals surface area contributed by atoms with Crippen molar-refractivity contribution in [1.82, 2.24) is 20.1 Å². The lowest BCUT2D eigenvalue weighted by Gasteiger charge is -2.29. The summed E-state index contributed by atoms with van der Waals surface area (Å²) in [5, 5.41) is 15.1. The summed E-state index contributed by atoms with van der Waals surface area (Å²) in [4.78, 5) is 14.2. The lowest BCUT2D eigenvalue weighted by molar-refractivity contribution is -0.121. The number of nitrogens with zero attached hydrogens (tertiary/aromatic N) is 3. The lowest BCUT2D eigenvalue weighted by Crippen LogP contribution is -2.43. The lowest BCUT2D eigenvalue weighted by atomic mass is 9.84. The van der Waals surface area contributed by atoms with E-state index < -0.39 is 0 Å². The first-order valence-corrected chi connectivity index (χ1v) is 12.8. The van der Waals surface area contributed by atoms with Crippen LogP contribution in [0, 0.1) is 17.8 Å². The SMILES string of the molecule is CC(Sc1nnc(Cc2cccs2)n1C1CC1)C(=O)NC(C)C1CC2CCC1C2. The average molecular weight is 431 g/mol. The molecule has 0 spiro atoms. The van der Waals surface area contributed by atoms with Crippen molar-refractivity contribution in [2.24, 2.45) is 17.8 Å². The number of rotatable bonds is 8. The average Bonchev–Trinajstić information content (AvgIpc) is 3.14. The van der Waals surface area contributed by atoms with E-state index in [4.69, 9.17) is 0 Å². The maximum absolute atomic E-state index is 12.9. The van der Waals surface area contributed by atoms with Gasteiger partial charge in [-0.25, -0.2) is 0 Å². The van der Waals surface area contributed by atoms with Crippen molar-refractivity contribution in [2.45, 2.75) is 81.3 Å². The first-order chi connectivity index (χ1) is 14.1. The van der Waals surface area contributed by atoms with Gasteiger partial charge in [0.15, 0.2) is 5.16 Å². The van der Waals surface area contributed by atoms with E-state index >= 15 is 0 Å². The van der Waals surface area contributed by atoms with Crippen LogP contribution >= 0.6 is 23.1 Å². The van der Waals surface area contributed by atoms with E-state index in [1.807, 2.05) is 6.92 Å². The zero-order valence-electron chi connectivity index (χ0n) is 17.2. The largest absolute Gasteiger partial charge is 0.352 e. The third-order valence-corrected chi connectivity index (χ3v) is 8.95. The fourth-order valence-corrected chi connectivity index (χ4v) is 6.99. The summed E-state index contributed by atoms with van der Waals surface area (Å²) in [6.07, 6.45) is 8.64. The molecule has 7 heteroatoms. The monoisotopic (exact) mass is 430 g/mol. The minimum absolute atomic E-state index is 0.135. The number of hydrogen-bond donors (Lipinski definition) is 1. The molecule has 0 saturated heterocycles. The van der Waals surface area contributed by atoms with Gasteiger partial charge in [-0.2, -0.15) is 0 Å². The third kappa shape index (κ3) is 4.13. The Morgan fingerprint density at radius 1 is 1.28 bits per heavy atom. The van der Waals surface area contributed by atoms with Crippen molar-refractivity contribution in [3.8, 4) is 0 Å². The second-order valence-corrected chi connectivity index (χ2v) is 11.5. The van der Waals surface area contributed by atoms with E-state index in [1.165, 1.54) is 43.4 Å². The van der Waals surface area contributed by atoms with Gasteiger partial charge in [0.05, 0.1) is 5.25 Å². The molecule has 0 aromatic carbocycles. The molecule has 2 aromatic rings. The van der Waals surface area contributed by atoms with Gasteiger partial charge in [-0.1, -0.05) is 24.2 Å². The van der Waals surface area contributed by atoms with Crippen LogP contribution in [0.25, 0.3) is 0 Å². The minimum atomic E-state index is -0.160. The van der Waals surface area contributed by atoms with Gasteiger partial charge in [-0.3, -0.25) is 4.79 Å². The van der Waals surface area contributed by atoms with Crippen LogP contribution in [0.15, 0.2) is 22.7 Å². The van der Waals surface area contributed by atoms with Crippen LogP contribution in [-0.4, -0.2) is 32.0 Å². The van der Waals surface area contributed by atoms with Crippen LogP contribution in [0.3, 0.4) is 0 Å². The highest BCUT2D eigenvalue weighted by Gasteiger charge is 2.42. The van der Waals surface area contributed by atoms with Crippen LogP contribution in [0.4, 0.5) is 0 Å². The molecule has 2 aromatic heterocycles. The maximum Gasteiger partial charge on any atom is 0.233 e. The van der Waals surface area contributed by atoms with Gasteiger partial charge in [0.1, 0.15) is 5.82 Å². The van der Waals surface area contributed by atoms with Gasteiger partial charge >= 0.3 is 0 Å². The molecule has 5 nitrogen and oxygen atoms in total. The second kappa shape index (κ2) is 8.06. The number of thiophene rings is 1. The van der Waals surface area contributed by atoms with Gasteiger partial charge in [-0.15, -0.1) is 21.5 Å². The molecule has 2 bridgehead atoms. The van der Waals surface area contributed by atoms with Gasteiger partial charge in [0.2, 0.25) is 5.91 Å². The number of carbonyl (C=O) groups is 1. The summed E-state index contributed by atoms with van der Waals surface area (Å²) >= 11 is 3.32. The summed E-state index contributed by atoms with van der Waals surface area (Å²) < 4.78 is 2.29. The number of thioether (sulfide) groups is 1. The topological polar surface area (TPSA) is 59.8 Å². The summed E-state index contributed by atoms with van der Waals surface area (Å²) in [6, 6.07) is 5.01. The van der Waals surface area contributed by atoms with E-state index in [2.05, 4.69) is 44.5 Å². The summed E-state index contributed by atoms with van der Waals surface area (Å²) in [5.41, 5.74) is 0. The van der Waals surface area contributed by atoms with Crippen LogP contribution < -0.4 is 5.32 Å². The van der Waals surface area contributed by atoms with Crippen molar-refractivity contribution < 1.29 is 4.79 Å². The van der Waals surface area contributed by atoms with E-state index in [1.54, 1.807) is 23.1 Å². The van der Waals surface area contributed by atoms with E-state index in [0.29, 0.717) is 12.0 Å². The Labute approximate surface area is 181 Å². The molecule has 3 fully saturated rings. The molecule has 3 aliphatic rings. The molecule has 3 saturated carbocycles. The Morgan fingerprint density at radius 2 is 2.14 bits per heavy atom. The zero-order valence-corrected chi connectivity index (χ0v) is 18.8. The number of nitrogens with one attached hydrogen (secondary N) is 1. The highest BCUT2D eigenvalue weighted by atomic mass is 32.2. The quantitative estimate of drug-likeness (QED) is 0.618. The van der Waals surface area contributed by atoms with Crippen LogP contribution in [0.1, 0.15) is 69.1 Å². The molecule has 5 rings (SSSR count). The predicted molar refractivity (Wildman–Crippen MR) is 117 cm³/mol. The summed E-state index contributed by atoms with van der Waals surface area (Å²) in [7, 11) is 0. The molecule has 29 heavy (non-hydrogen) atoms. The Morgan fingerprint density at radius 3 is 2.79 bits per heavy atom. The smallest absolute Gasteiger partial charge is 0.233 e. The van der Waals surface area contributed by atoms with Crippen molar-refractivity contribution in [3.63, 3.8) is 0 Å². The molecule has 0 aliphatic heterocycles. The summed E-state index contributed by atoms with van der Waals surface area (Å²) in [6.45, 7) is 4.20. The molecular weight excluding hydrogens is 400 g/mol. The zero-order chi connectivity index (χ0) is 20.0. The van der Waals surface area contributed by atoms with Crippen LogP contribution in [0.5, 0.6) is 0 Å². The third-order valence-electron chi connectivity index (χ3n) is 7.02. The Bertz CT molecular complexity index is 860. The molecule has 5 unspecified atom stereocenters. The number of fused-ring (bicyclic) bond motifs is 2. The molecule has 1 amide bonds. The molecule has 3 aliphatic carbocycles. The number of aromatic nitrogens is 3. The fourth-order valence-electron chi connectivity index (χ4n) is 5.34. The van der Waals surface area contributed by atoms with E-state index in [9.17, 15) is 4.79 Å². The number of amides is 1. The Kier molecular flexibility index (Phi) is 5.45. The highest BCUT2D eigenvalue weighted by Crippen LogP contribution is 2.49. The van der Waals surface area contributed by atoms with Crippen LogP contribution in [-0.2, 0) is 11.2 Å². The van der Waals surface area contributed by atoms with Gasteiger partial charge in [-0.05, 0) is 75.2 Å². The fraction of sp³-hybridized carbons (Fsp3) is 0.682. The molecule has 1 N–H and O–H groups in total. The molecule has 2 heterocycles. The Balaban J connectivity index is 1.22. The Hall–Kier alpha value is -1.34. The first-order valence-electron chi connectivity index (χ1n) is 11.0. The minimum Gasteiger partial charge on any atom is -0.352 e. The van der Waals surface area contributed by atoms with Gasteiger partial charge in [0.25, 0.3) is 0 Å². The van der Waals surface area contributed by atoms with Crippen molar-refractivity contribution in [1.29, 1.82) is 0 Å². The maximum atomic E-state index is 12.9. The molecule has 156 valence electrons. The predicted octanol–water partition coefficient (Wildman–Crippen LogP) is 4.69. The molecule has 5 atom stereocenters. The van der Waals surface area contributed by atoms with Crippen molar-refractivity contribution in [3.05, 3.63) is 28.2 Å². The first kappa shape index (κ1) is 19.6. The normalized spacial score (nSPS) is 27.9. The summed E-state index contributed by atoms with van der Waals surface area (Å²) in [5.74, 6) is 3.57.